The molecule has 4 heterocycles. The van der Waals surface area contributed by atoms with Crippen LogP contribution < -0.4 is 26.2 Å². The molecule has 0 amide bonds. The number of para-hydroxylation sites is 2. The summed E-state index contributed by atoms with van der Waals surface area (Å²) >= 11 is 0. The van der Waals surface area contributed by atoms with Crippen LogP contribution in [-0.4, -0.2) is 15.8 Å². The predicted molar refractivity (Wildman–Crippen MR) is 443 cm³/mol. The van der Waals surface area contributed by atoms with Gasteiger partial charge in [0, 0.05) is 61.4 Å². The van der Waals surface area contributed by atoms with Crippen molar-refractivity contribution in [1.29, 1.82) is 0 Å². The van der Waals surface area contributed by atoms with E-state index in [1.54, 1.807) is 0 Å². The molecule has 0 saturated heterocycles. The van der Waals surface area contributed by atoms with Gasteiger partial charge in [-0.15, -0.1) is 0 Å². The maximum Gasteiger partial charge on any atom is 0.252 e. The average molecular weight is 1340 g/mol. The summed E-state index contributed by atoms with van der Waals surface area (Å²) in [4.78, 5) is 5.27. The molecule has 0 unspecified atom stereocenters. The molecule has 4 nitrogen and oxygen atoms in total. The Labute approximate surface area is 610 Å². The normalized spacial score (nSPS) is 16.2. The maximum absolute atomic E-state index is 2.65. The molecule has 0 N–H and O–H groups in total. The molecule has 2 aromatic heterocycles. The minimum atomic E-state index is -0.177. The van der Waals surface area contributed by atoms with Crippen LogP contribution in [-0.2, 0) is 37.9 Å². The summed E-state index contributed by atoms with van der Waals surface area (Å²) in [5.41, 5.74) is 35.2. The van der Waals surface area contributed by atoms with Gasteiger partial charge in [0.05, 0.1) is 27.8 Å². The van der Waals surface area contributed by atoms with Crippen LogP contribution in [0.4, 0.5) is 34.1 Å². The first-order valence-electron chi connectivity index (χ1n) is 37.7. The largest absolute Gasteiger partial charge is 0.311 e. The molecular formula is C98H95BN4. The summed E-state index contributed by atoms with van der Waals surface area (Å²) in [7, 11) is 0. The first-order chi connectivity index (χ1) is 48.9. The predicted octanol–water partition coefficient (Wildman–Crippen LogP) is 24.8. The number of nitrogens with zero attached hydrogens (tertiary/aromatic N) is 4. The third kappa shape index (κ3) is 10.1. The molecule has 0 fully saturated rings. The van der Waals surface area contributed by atoms with Gasteiger partial charge in [0.25, 0.3) is 6.71 Å². The molecular weight excluding hydrogens is 1240 g/mol. The Balaban J connectivity index is 0.930. The number of fused-ring (bicyclic) bond motifs is 12. The molecule has 14 aromatic rings. The third-order valence-corrected chi connectivity index (χ3v) is 24.3. The molecule has 5 heteroatoms. The first kappa shape index (κ1) is 65.0. The number of aromatic nitrogens is 2. The molecule has 103 heavy (non-hydrogen) atoms. The highest BCUT2D eigenvalue weighted by molar-refractivity contribution is 7.00. The highest BCUT2D eigenvalue weighted by Gasteiger charge is 2.47. The van der Waals surface area contributed by atoms with E-state index in [9.17, 15) is 0 Å². The smallest absolute Gasteiger partial charge is 0.252 e. The highest BCUT2D eigenvalue weighted by atomic mass is 15.2. The molecule has 0 bridgehead atoms. The summed E-state index contributed by atoms with van der Waals surface area (Å²) < 4.78 is 5.10. The molecule has 0 atom stereocenters. The highest BCUT2D eigenvalue weighted by Crippen LogP contribution is 2.54. The van der Waals surface area contributed by atoms with E-state index in [0.717, 1.165) is 52.7 Å². The Morgan fingerprint density at radius 2 is 0.709 bits per heavy atom. The van der Waals surface area contributed by atoms with E-state index in [-0.39, 0.29) is 44.6 Å². The molecule has 0 spiro atoms. The number of benzene rings is 12. The van der Waals surface area contributed by atoms with Gasteiger partial charge in [-0.3, -0.25) is 0 Å². The molecule has 2 aliphatic carbocycles. The fraction of sp³-hybridized carbons (Fsp3) is 0.265. The van der Waals surface area contributed by atoms with E-state index in [1.165, 1.54) is 138 Å². The zero-order chi connectivity index (χ0) is 71.6. The van der Waals surface area contributed by atoms with E-state index >= 15 is 0 Å². The second kappa shape index (κ2) is 22.2. The first-order valence-corrected chi connectivity index (χ1v) is 37.7. The second-order valence-corrected chi connectivity index (χ2v) is 36.5. The van der Waals surface area contributed by atoms with Crippen molar-refractivity contribution in [3.05, 3.63) is 282 Å². The number of hydrogen-bond acceptors (Lipinski definition) is 2. The van der Waals surface area contributed by atoms with Crippen molar-refractivity contribution in [1.82, 2.24) is 9.13 Å². The fourth-order valence-corrected chi connectivity index (χ4v) is 19.7. The monoisotopic (exact) mass is 1340 g/mol. The van der Waals surface area contributed by atoms with Crippen LogP contribution in [0.15, 0.2) is 243 Å². The van der Waals surface area contributed by atoms with Gasteiger partial charge < -0.3 is 18.9 Å². The van der Waals surface area contributed by atoms with Gasteiger partial charge in [-0.05, 0) is 230 Å². The Morgan fingerprint density at radius 1 is 0.291 bits per heavy atom. The van der Waals surface area contributed by atoms with Gasteiger partial charge in [0.15, 0.2) is 0 Å². The summed E-state index contributed by atoms with van der Waals surface area (Å²) in [6.45, 7) is 40.3. The van der Waals surface area contributed by atoms with Crippen molar-refractivity contribution in [3.8, 4) is 44.8 Å². The lowest BCUT2D eigenvalue weighted by molar-refractivity contribution is 0.402. The Morgan fingerprint density at radius 3 is 1.21 bits per heavy atom. The number of hydrogen-bond donors (Lipinski definition) is 0. The van der Waals surface area contributed by atoms with Crippen LogP contribution in [0, 0.1) is 0 Å². The molecule has 12 aromatic carbocycles. The van der Waals surface area contributed by atoms with Crippen LogP contribution in [0.2, 0.25) is 0 Å². The topological polar surface area (TPSA) is 16.3 Å². The van der Waals surface area contributed by atoms with Crippen molar-refractivity contribution in [2.24, 2.45) is 0 Å². The van der Waals surface area contributed by atoms with E-state index in [0.29, 0.717) is 0 Å². The van der Waals surface area contributed by atoms with Gasteiger partial charge >= 0.3 is 0 Å². The molecule has 0 radical (unpaired) electrons. The summed E-state index contributed by atoms with van der Waals surface area (Å²) in [6, 6.07) is 95.3. The van der Waals surface area contributed by atoms with Crippen molar-refractivity contribution in [3.63, 3.8) is 0 Å². The van der Waals surface area contributed by atoms with Crippen molar-refractivity contribution in [2.75, 3.05) is 9.80 Å². The van der Waals surface area contributed by atoms with E-state index in [2.05, 4.69) is 379 Å². The SMILES string of the molecule is CC(C)(C)c1ccc2c(c1)c1cc(C(C)(C)C)ccc1n2-c1ccc2c(c1)N(c1ccc(-c3ccc4c(c3)C(C)(C)CC4(C)C)cc1)c1cc(-n3c4ccccc4c4ccccc43)cc3c1B2c1cc(-c2ccccc2C(C)(C)C)ccc1N3c1ccc(-c2ccc3c(c2)C(C)(C)CC3(C)C)cc1. The van der Waals surface area contributed by atoms with Crippen molar-refractivity contribution < 1.29 is 0 Å². The molecule has 4 aliphatic rings. The van der Waals surface area contributed by atoms with Gasteiger partial charge in [-0.1, -0.05) is 269 Å². The standard InChI is InChI=1S/C98H95BN4/c1-92(2,3)65-37-48-85-74(53-65)75-54-66(93(4,5)6)38-49-86(75)102(85)69-43-46-81-88(55-69)101(68-41-32-61(33-42-68)63-35-45-78-80(51-63)98(16,17)59-96(78,12)13)90-57-70(103-83-28-22-19-25-72(83)73-26-20-23-29-84(73)103)56-89-91(90)99(81)82-52-64(71-24-18-21-27-76(71)94(7,8)9)36-47-87(82)100(89)67-39-30-60(31-40-67)62-34-44-77-79(50-62)97(14,15)58-95(77,10)11/h18-57H,58-59H2,1-17H3. The average Bonchev–Trinajstić information content (AvgIpc) is 1.28. The summed E-state index contributed by atoms with van der Waals surface area (Å²) in [5, 5.41) is 5.03. The quantitative estimate of drug-likeness (QED) is 0.148. The van der Waals surface area contributed by atoms with Crippen LogP contribution in [0.3, 0.4) is 0 Å². The minimum absolute atomic E-state index is 0.0356. The number of anilines is 6. The Bertz CT molecular complexity index is 5760. The van der Waals surface area contributed by atoms with E-state index in [4.69, 9.17) is 0 Å². The zero-order valence-corrected chi connectivity index (χ0v) is 63.4. The van der Waals surface area contributed by atoms with Crippen LogP contribution in [0.25, 0.3) is 88.4 Å². The minimum Gasteiger partial charge on any atom is -0.311 e. The summed E-state index contributed by atoms with van der Waals surface area (Å²) in [5.74, 6) is 0. The van der Waals surface area contributed by atoms with Gasteiger partial charge in [0.1, 0.15) is 0 Å². The molecule has 510 valence electrons. The molecule has 2 aliphatic heterocycles. The lowest BCUT2D eigenvalue weighted by Crippen LogP contribution is -2.61. The fourth-order valence-electron chi connectivity index (χ4n) is 19.7. The van der Waals surface area contributed by atoms with Crippen molar-refractivity contribution in [2.45, 2.75) is 168 Å². The molecule has 18 rings (SSSR count). The molecule has 0 saturated carbocycles. The van der Waals surface area contributed by atoms with Gasteiger partial charge in [-0.2, -0.15) is 0 Å². The Hall–Kier alpha value is -10.1. The third-order valence-electron chi connectivity index (χ3n) is 24.3. The van der Waals surface area contributed by atoms with Crippen LogP contribution >= 0.6 is 0 Å². The van der Waals surface area contributed by atoms with Crippen molar-refractivity contribution >= 4 is 101 Å². The van der Waals surface area contributed by atoms with Crippen LogP contribution in [0.1, 0.15) is 169 Å². The maximum atomic E-state index is 2.65. The van der Waals surface area contributed by atoms with Gasteiger partial charge in [0.2, 0.25) is 0 Å². The van der Waals surface area contributed by atoms with E-state index in [1.807, 2.05) is 0 Å². The second-order valence-electron chi connectivity index (χ2n) is 36.5. The van der Waals surface area contributed by atoms with Crippen LogP contribution in [0.5, 0.6) is 0 Å². The number of rotatable bonds is 7. The van der Waals surface area contributed by atoms with E-state index < -0.39 is 0 Å². The lowest BCUT2D eigenvalue weighted by atomic mass is 9.33. The zero-order valence-electron chi connectivity index (χ0n) is 63.4. The van der Waals surface area contributed by atoms with Gasteiger partial charge in [-0.25, -0.2) is 0 Å². The lowest BCUT2D eigenvalue weighted by Gasteiger charge is -2.45. The Kier molecular flexibility index (Phi) is 14.0. The summed E-state index contributed by atoms with van der Waals surface area (Å²) in [6.07, 6.45) is 2.26.